The summed E-state index contributed by atoms with van der Waals surface area (Å²) >= 11 is 3.39. The molecule has 0 aliphatic carbocycles. The van der Waals surface area contributed by atoms with Gasteiger partial charge in [0.1, 0.15) is 6.61 Å². The fraction of sp³-hybridized carbons (Fsp3) is 0.222. The number of hydrogen-bond donors (Lipinski definition) is 2. The van der Waals surface area contributed by atoms with Crippen molar-refractivity contribution in [2.75, 3.05) is 6.54 Å². The quantitative estimate of drug-likeness (QED) is 0.532. The molecule has 24 heavy (non-hydrogen) atoms. The van der Waals surface area contributed by atoms with Gasteiger partial charge in [-0.05, 0) is 29.3 Å². The van der Waals surface area contributed by atoms with Crippen LogP contribution in [0.1, 0.15) is 27.9 Å². The van der Waals surface area contributed by atoms with Gasteiger partial charge in [-0.2, -0.15) is 0 Å². The predicted molar refractivity (Wildman–Crippen MR) is 93.7 cm³/mol. The van der Waals surface area contributed by atoms with E-state index in [2.05, 4.69) is 21.2 Å². The first-order valence-corrected chi connectivity index (χ1v) is 8.27. The molecule has 0 atom stereocenters. The molecule has 126 valence electrons. The van der Waals surface area contributed by atoms with Crippen molar-refractivity contribution >= 4 is 27.9 Å². The summed E-state index contributed by atoms with van der Waals surface area (Å²) in [5, 5.41) is 12.1. The maximum Gasteiger partial charge on any atom is 0.335 e. The molecule has 0 radical (unpaired) electrons. The maximum atomic E-state index is 11.7. The Labute approximate surface area is 148 Å². The Hall–Kier alpha value is -2.18. The lowest BCUT2D eigenvalue weighted by Gasteiger charge is -2.08. The highest BCUT2D eigenvalue weighted by Gasteiger charge is 2.08. The Morgan fingerprint density at radius 3 is 2.58 bits per heavy atom. The fourth-order valence-corrected chi connectivity index (χ4v) is 2.45. The van der Waals surface area contributed by atoms with Crippen molar-refractivity contribution in [3.63, 3.8) is 0 Å². The van der Waals surface area contributed by atoms with Gasteiger partial charge in [0.25, 0.3) is 0 Å². The van der Waals surface area contributed by atoms with Gasteiger partial charge < -0.3 is 15.2 Å². The van der Waals surface area contributed by atoms with Gasteiger partial charge in [-0.15, -0.1) is 0 Å². The van der Waals surface area contributed by atoms with Crippen LogP contribution >= 0.6 is 15.9 Å². The minimum absolute atomic E-state index is 0.234. The molecule has 0 unspecified atom stereocenters. The van der Waals surface area contributed by atoms with Gasteiger partial charge in [0.2, 0.25) is 0 Å². The van der Waals surface area contributed by atoms with Crippen molar-refractivity contribution in [2.45, 2.75) is 19.6 Å². The van der Waals surface area contributed by atoms with Gasteiger partial charge in [0, 0.05) is 17.6 Å². The van der Waals surface area contributed by atoms with Gasteiger partial charge in [-0.25, -0.2) is 4.79 Å². The molecule has 2 aromatic carbocycles. The Bertz CT molecular complexity index is 703. The number of rotatable bonds is 8. The molecule has 2 rings (SSSR count). The molecule has 0 bridgehead atoms. The zero-order chi connectivity index (χ0) is 17.4. The smallest absolute Gasteiger partial charge is 0.335 e. The molecule has 0 spiro atoms. The topological polar surface area (TPSA) is 75.6 Å². The van der Waals surface area contributed by atoms with Gasteiger partial charge in [-0.3, -0.25) is 4.79 Å². The lowest BCUT2D eigenvalue weighted by atomic mass is 10.1. The van der Waals surface area contributed by atoms with E-state index in [-0.39, 0.29) is 24.6 Å². The highest BCUT2D eigenvalue weighted by atomic mass is 79.9. The molecular weight excluding hydrogens is 374 g/mol. The van der Waals surface area contributed by atoms with E-state index in [9.17, 15) is 9.59 Å². The van der Waals surface area contributed by atoms with E-state index in [1.807, 2.05) is 30.3 Å². The van der Waals surface area contributed by atoms with Crippen molar-refractivity contribution < 1.29 is 19.4 Å². The molecule has 0 aliphatic rings. The van der Waals surface area contributed by atoms with E-state index in [1.54, 1.807) is 12.1 Å². The number of carboxylic acids is 1. The number of ether oxygens (including phenoxy) is 1. The van der Waals surface area contributed by atoms with Crippen LogP contribution in [-0.4, -0.2) is 23.6 Å². The molecule has 0 fully saturated rings. The van der Waals surface area contributed by atoms with E-state index >= 15 is 0 Å². The van der Waals surface area contributed by atoms with E-state index in [1.165, 1.54) is 6.07 Å². The molecule has 0 amide bonds. The number of benzene rings is 2. The minimum atomic E-state index is -0.965. The molecule has 6 heteroatoms. The van der Waals surface area contributed by atoms with Gasteiger partial charge in [0.05, 0.1) is 12.0 Å². The first-order chi connectivity index (χ1) is 11.6. The SMILES string of the molecule is O=C(CCNCc1cc(C(=O)O)ccc1Br)OCc1ccccc1. The number of carbonyl (C=O) groups excluding carboxylic acids is 1. The molecule has 0 saturated heterocycles. The van der Waals surface area contributed by atoms with Gasteiger partial charge in [0.15, 0.2) is 0 Å². The molecule has 2 aromatic rings. The van der Waals surface area contributed by atoms with Crippen molar-refractivity contribution in [1.29, 1.82) is 0 Å². The van der Waals surface area contributed by atoms with Crippen molar-refractivity contribution in [3.05, 3.63) is 69.7 Å². The predicted octanol–water partition coefficient (Wildman–Crippen LogP) is 3.37. The standard InChI is InChI=1S/C18H18BrNO4/c19-16-7-6-14(18(22)23)10-15(16)11-20-9-8-17(21)24-12-13-4-2-1-3-5-13/h1-7,10,20H,8-9,11-12H2,(H,22,23). The second-order valence-corrected chi connectivity index (χ2v) is 6.04. The largest absolute Gasteiger partial charge is 0.478 e. The van der Waals surface area contributed by atoms with E-state index in [4.69, 9.17) is 9.84 Å². The second-order valence-electron chi connectivity index (χ2n) is 5.18. The number of halogens is 1. The van der Waals surface area contributed by atoms with Crippen LogP contribution in [0, 0.1) is 0 Å². The molecule has 5 nitrogen and oxygen atoms in total. The maximum absolute atomic E-state index is 11.7. The number of carboxylic acid groups (broad SMARTS) is 1. The van der Waals surface area contributed by atoms with Gasteiger partial charge >= 0.3 is 11.9 Å². The highest BCUT2D eigenvalue weighted by Crippen LogP contribution is 2.18. The summed E-state index contributed by atoms with van der Waals surface area (Å²) in [6.45, 7) is 1.19. The number of esters is 1. The number of nitrogens with one attached hydrogen (secondary N) is 1. The number of hydrogen-bond acceptors (Lipinski definition) is 4. The third-order valence-corrected chi connectivity index (χ3v) is 4.13. The summed E-state index contributed by atoms with van der Waals surface area (Å²) in [5.74, 6) is -1.24. The summed E-state index contributed by atoms with van der Waals surface area (Å²) in [6.07, 6.45) is 0.253. The van der Waals surface area contributed by atoms with Crippen LogP contribution in [-0.2, 0) is 22.7 Å². The number of aromatic carboxylic acids is 1. The lowest BCUT2D eigenvalue weighted by molar-refractivity contribution is -0.144. The van der Waals surface area contributed by atoms with Crippen LogP contribution in [0.25, 0.3) is 0 Å². The van der Waals surface area contributed by atoms with Crippen LogP contribution in [0.3, 0.4) is 0 Å². The third kappa shape index (κ3) is 5.79. The monoisotopic (exact) mass is 391 g/mol. The van der Waals surface area contributed by atoms with E-state index < -0.39 is 5.97 Å². The molecular formula is C18H18BrNO4. The van der Waals surface area contributed by atoms with Crippen LogP contribution in [0.5, 0.6) is 0 Å². The van der Waals surface area contributed by atoms with Crippen LogP contribution < -0.4 is 5.32 Å². The summed E-state index contributed by atoms with van der Waals surface area (Å²) in [7, 11) is 0. The third-order valence-electron chi connectivity index (χ3n) is 3.36. The Morgan fingerprint density at radius 1 is 1.12 bits per heavy atom. The zero-order valence-electron chi connectivity index (χ0n) is 13.0. The fourth-order valence-electron chi connectivity index (χ4n) is 2.07. The first kappa shape index (κ1) is 18.2. The van der Waals surface area contributed by atoms with Crippen molar-refractivity contribution in [2.24, 2.45) is 0 Å². The minimum Gasteiger partial charge on any atom is -0.478 e. The molecule has 2 N–H and O–H groups in total. The molecule has 0 saturated carbocycles. The molecule has 0 aromatic heterocycles. The Balaban J connectivity index is 1.72. The molecule has 0 aliphatic heterocycles. The average molecular weight is 392 g/mol. The summed E-state index contributed by atoms with van der Waals surface area (Å²) in [5.41, 5.74) is 2.01. The van der Waals surface area contributed by atoms with Crippen LogP contribution in [0.4, 0.5) is 0 Å². The summed E-state index contributed by atoms with van der Waals surface area (Å²) < 4.78 is 6.01. The summed E-state index contributed by atoms with van der Waals surface area (Å²) in [4.78, 5) is 22.7. The highest BCUT2D eigenvalue weighted by molar-refractivity contribution is 9.10. The Kier molecular flexibility index (Phi) is 6.96. The zero-order valence-corrected chi connectivity index (χ0v) is 14.6. The van der Waals surface area contributed by atoms with Gasteiger partial charge in [-0.1, -0.05) is 46.3 Å². The number of carbonyl (C=O) groups is 2. The lowest BCUT2D eigenvalue weighted by Crippen LogP contribution is -2.19. The molecule has 0 heterocycles. The normalized spacial score (nSPS) is 10.4. The summed E-state index contributed by atoms with van der Waals surface area (Å²) in [6, 6.07) is 14.4. The first-order valence-electron chi connectivity index (χ1n) is 7.48. The van der Waals surface area contributed by atoms with Crippen LogP contribution in [0.15, 0.2) is 53.0 Å². The van der Waals surface area contributed by atoms with E-state index in [0.29, 0.717) is 13.1 Å². The van der Waals surface area contributed by atoms with Crippen LogP contribution in [0.2, 0.25) is 0 Å². The second kappa shape index (κ2) is 9.20. The van der Waals surface area contributed by atoms with E-state index in [0.717, 1.165) is 15.6 Å². The van der Waals surface area contributed by atoms with Crippen molar-refractivity contribution in [1.82, 2.24) is 5.32 Å². The van der Waals surface area contributed by atoms with Crippen molar-refractivity contribution in [3.8, 4) is 0 Å². The Morgan fingerprint density at radius 2 is 1.88 bits per heavy atom. The average Bonchev–Trinajstić information content (AvgIpc) is 2.59.